The molecule has 0 bridgehead atoms. The number of carbonyl (C=O) groups is 2. The van der Waals surface area contributed by atoms with Crippen LogP contribution in [0.15, 0.2) is 77.5 Å². The molecule has 6 nitrogen and oxygen atoms in total. The molecule has 0 unspecified atom stereocenters. The van der Waals surface area contributed by atoms with Crippen LogP contribution in [-0.2, 0) is 13.1 Å². The molecule has 32 heavy (non-hydrogen) atoms. The lowest BCUT2D eigenvalue weighted by Crippen LogP contribution is -2.30. The predicted octanol–water partition coefficient (Wildman–Crippen LogP) is 5.50. The zero-order chi connectivity index (χ0) is 22.2. The van der Waals surface area contributed by atoms with Crippen molar-refractivity contribution in [1.29, 1.82) is 0 Å². The number of hydrogen-bond donors (Lipinski definition) is 1. The highest BCUT2D eigenvalue weighted by Crippen LogP contribution is 2.30. The lowest BCUT2D eigenvalue weighted by Gasteiger charge is -2.19. The molecule has 4 aromatic rings. The second-order valence-electron chi connectivity index (χ2n) is 7.78. The summed E-state index contributed by atoms with van der Waals surface area (Å²) >= 11 is 6.19. The van der Waals surface area contributed by atoms with Crippen LogP contribution in [0, 0.1) is 6.92 Å². The monoisotopic (exact) mass is 445 g/mol. The van der Waals surface area contributed by atoms with Gasteiger partial charge in [-0.2, -0.15) is 0 Å². The predicted molar refractivity (Wildman–Crippen MR) is 123 cm³/mol. The van der Waals surface area contributed by atoms with Gasteiger partial charge in [0.05, 0.1) is 29.9 Å². The highest BCUT2D eigenvalue weighted by atomic mass is 35.5. The Balaban J connectivity index is 1.36. The number of halogens is 1. The summed E-state index contributed by atoms with van der Waals surface area (Å²) in [5.41, 5.74) is 4.44. The molecule has 1 aliphatic heterocycles. The van der Waals surface area contributed by atoms with Crippen LogP contribution < -0.4 is 10.2 Å². The zero-order valence-corrected chi connectivity index (χ0v) is 18.1. The van der Waals surface area contributed by atoms with Crippen LogP contribution in [-0.4, -0.2) is 16.4 Å². The van der Waals surface area contributed by atoms with Crippen molar-refractivity contribution in [1.82, 2.24) is 4.57 Å². The topological polar surface area (TPSA) is 67.5 Å². The molecule has 0 aliphatic carbocycles. The first-order chi connectivity index (χ1) is 15.5. The zero-order valence-electron chi connectivity index (χ0n) is 17.3. The molecule has 0 radical (unpaired) electrons. The first-order valence-corrected chi connectivity index (χ1v) is 10.6. The van der Waals surface area contributed by atoms with Crippen LogP contribution in [0.1, 0.15) is 37.5 Å². The number of aromatic nitrogens is 1. The fourth-order valence-corrected chi connectivity index (χ4v) is 4.19. The summed E-state index contributed by atoms with van der Waals surface area (Å²) in [5, 5.41) is 3.22. The third-order valence-corrected chi connectivity index (χ3v) is 5.87. The molecule has 0 saturated heterocycles. The maximum absolute atomic E-state index is 13.3. The standard InChI is InChI=1S/C25H20ClN3O3/c1-16-4-9-21(22(26)13-16)23(30)27-19-7-5-17(6-8-19)24(31)29-15-20-3-2-11-28(20)14-18-10-12-32-25(18)29/h2-13H,14-15H2,1H3,(H,27,30). The van der Waals surface area contributed by atoms with E-state index in [1.54, 1.807) is 47.6 Å². The van der Waals surface area contributed by atoms with E-state index in [0.717, 1.165) is 16.8 Å². The summed E-state index contributed by atoms with van der Waals surface area (Å²) in [4.78, 5) is 27.5. The summed E-state index contributed by atoms with van der Waals surface area (Å²) in [6.07, 6.45) is 3.60. The average Bonchev–Trinajstić information content (AvgIpc) is 3.39. The van der Waals surface area contributed by atoms with Crippen LogP contribution in [0.3, 0.4) is 0 Å². The smallest absolute Gasteiger partial charge is 0.260 e. The van der Waals surface area contributed by atoms with Gasteiger partial charge in [0.15, 0.2) is 0 Å². The molecule has 3 heterocycles. The lowest BCUT2D eigenvalue weighted by atomic mass is 10.1. The second-order valence-corrected chi connectivity index (χ2v) is 8.19. The number of carbonyl (C=O) groups excluding carboxylic acids is 2. The van der Waals surface area contributed by atoms with Crippen LogP contribution in [0.2, 0.25) is 5.02 Å². The number of hydrogen-bond acceptors (Lipinski definition) is 3. The van der Waals surface area contributed by atoms with Gasteiger partial charge < -0.3 is 14.3 Å². The van der Waals surface area contributed by atoms with Crippen molar-refractivity contribution >= 4 is 35.0 Å². The molecular weight excluding hydrogens is 426 g/mol. The van der Waals surface area contributed by atoms with Gasteiger partial charge in [-0.25, -0.2) is 0 Å². The van der Waals surface area contributed by atoms with E-state index in [1.807, 2.05) is 37.4 Å². The quantitative estimate of drug-likeness (QED) is 0.452. The van der Waals surface area contributed by atoms with E-state index in [9.17, 15) is 9.59 Å². The number of nitrogens with zero attached hydrogens (tertiary/aromatic N) is 2. The molecule has 1 aliphatic rings. The van der Waals surface area contributed by atoms with Gasteiger partial charge in [-0.05, 0) is 67.1 Å². The van der Waals surface area contributed by atoms with E-state index < -0.39 is 0 Å². The Labute approximate surface area is 190 Å². The van der Waals surface area contributed by atoms with Crippen LogP contribution >= 0.6 is 11.6 Å². The van der Waals surface area contributed by atoms with Crippen molar-refractivity contribution < 1.29 is 14.0 Å². The maximum atomic E-state index is 13.3. The van der Waals surface area contributed by atoms with E-state index in [4.69, 9.17) is 16.0 Å². The van der Waals surface area contributed by atoms with Gasteiger partial charge >= 0.3 is 0 Å². The molecule has 0 spiro atoms. The van der Waals surface area contributed by atoms with Crippen LogP contribution in [0.5, 0.6) is 0 Å². The van der Waals surface area contributed by atoms with Gasteiger partial charge in [0.25, 0.3) is 11.8 Å². The van der Waals surface area contributed by atoms with Gasteiger partial charge in [0.1, 0.15) is 0 Å². The fraction of sp³-hybridized carbons (Fsp3) is 0.120. The minimum Gasteiger partial charge on any atom is -0.448 e. The third-order valence-electron chi connectivity index (χ3n) is 5.56. The van der Waals surface area contributed by atoms with E-state index in [0.29, 0.717) is 40.8 Å². The molecule has 2 amide bonds. The highest BCUT2D eigenvalue weighted by molar-refractivity contribution is 6.34. The molecule has 160 valence electrons. The molecule has 5 rings (SSSR count). The largest absolute Gasteiger partial charge is 0.448 e. The Kier molecular flexibility index (Phi) is 5.07. The molecule has 7 heteroatoms. The molecule has 0 saturated carbocycles. The van der Waals surface area contributed by atoms with Crippen molar-refractivity contribution in [2.45, 2.75) is 20.0 Å². The normalized spacial score (nSPS) is 12.6. The summed E-state index contributed by atoms with van der Waals surface area (Å²) in [7, 11) is 0. The second kappa shape index (κ2) is 8.05. The first kappa shape index (κ1) is 20.2. The summed E-state index contributed by atoms with van der Waals surface area (Å²) < 4.78 is 7.77. The molecule has 0 fully saturated rings. The Morgan fingerprint density at radius 3 is 2.62 bits per heavy atom. The van der Waals surface area contributed by atoms with Gasteiger partial charge in [0, 0.05) is 28.7 Å². The fourth-order valence-electron chi connectivity index (χ4n) is 3.87. The SMILES string of the molecule is Cc1ccc(C(=O)Nc2ccc(C(=O)N3Cc4cccn4Cc4ccoc43)cc2)c(Cl)c1. The minimum atomic E-state index is -0.303. The number of rotatable bonds is 3. The Bertz CT molecular complexity index is 1320. The molecule has 0 atom stereocenters. The van der Waals surface area contributed by atoms with Crippen LogP contribution in [0.4, 0.5) is 11.6 Å². The number of amides is 2. The number of fused-ring (bicyclic) bond motifs is 2. The van der Waals surface area contributed by atoms with Gasteiger partial charge in [0.2, 0.25) is 5.88 Å². The van der Waals surface area contributed by atoms with E-state index in [-0.39, 0.29) is 11.8 Å². The van der Waals surface area contributed by atoms with Gasteiger partial charge in [-0.3, -0.25) is 14.5 Å². The average molecular weight is 446 g/mol. The van der Waals surface area contributed by atoms with Gasteiger partial charge in [-0.1, -0.05) is 17.7 Å². The summed E-state index contributed by atoms with van der Waals surface area (Å²) in [5.74, 6) is 0.0861. The molecule has 2 aromatic heterocycles. The Morgan fingerprint density at radius 1 is 1.03 bits per heavy atom. The van der Waals surface area contributed by atoms with E-state index >= 15 is 0 Å². The molecular formula is C25H20ClN3O3. The minimum absolute atomic E-state index is 0.171. The van der Waals surface area contributed by atoms with Crippen LogP contribution in [0.25, 0.3) is 0 Å². The molecule has 2 aromatic carbocycles. The Hall–Kier alpha value is -3.77. The third kappa shape index (κ3) is 3.69. The van der Waals surface area contributed by atoms with E-state index in [2.05, 4.69) is 9.88 Å². The number of benzene rings is 2. The van der Waals surface area contributed by atoms with Crippen molar-refractivity contribution in [3.8, 4) is 0 Å². The number of furan rings is 1. The lowest BCUT2D eigenvalue weighted by molar-refractivity contribution is 0.0979. The van der Waals surface area contributed by atoms with Gasteiger partial charge in [-0.15, -0.1) is 0 Å². The Morgan fingerprint density at radius 2 is 1.84 bits per heavy atom. The summed E-state index contributed by atoms with van der Waals surface area (Å²) in [6.45, 7) is 2.98. The first-order valence-electron chi connectivity index (χ1n) is 10.2. The van der Waals surface area contributed by atoms with Crippen molar-refractivity contribution in [3.63, 3.8) is 0 Å². The molecule has 1 N–H and O–H groups in total. The van der Waals surface area contributed by atoms with Crippen molar-refractivity contribution in [2.75, 3.05) is 10.2 Å². The highest BCUT2D eigenvalue weighted by Gasteiger charge is 2.27. The maximum Gasteiger partial charge on any atom is 0.260 e. The summed E-state index contributed by atoms with van der Waals surface area (Å²) in [6, 6.07) is 17.9. The number of aryl methyl sites for hydroxylation is 1. The van der Waals surface area contributed by atoms with Crippen molar-refractivity contribution in [2.24, 2.45) is 0 Å². The van der Waals surface area contributed by atoms with Crippen molar-refractivity contribution in [3.05, 3.63) is 106 Å². The van der Waals surface area contributed by atoms with E-state index in [1.165, 1.54) is 0 Å². The number of anilines is 2. The number of nitrogens with one attached hydrogen (secondary N) is 1.